The van der Waals surface area contributed by atoms with Crippen LogP contribution >= 0.6 is 43.2 Å². The molecule has 1 heterocycles. The smallest absolute Gasteiger partial charge is 0.262 e. The summed E-state index contributed by atoms with van der Waals surface area (Å²) in [6.45, 7) is 0. The van der Waals surface area contributed by atoms with Gasteiger partial charge in [-0.3, -0.25) is 10.1 Å². The Balaban J connectivity index is 3.00. The maximum Gasteiger partial charge on any atom is 0.377 e. The lowest BCUT2D eigenvalue weighted by Crippen LogP contribution is -2.20. The van der Waals surface area contributed by atoms with E-state index in [0.717, 1.165) is 0 Å². The summed E-state index contributed by atoms with van der Waals surface area (Å²) in [7, 11) is 0. The molecule has 0 aliphatic heterocycles. The lowest BCUT2D eigenvalue weighted by molar-refractivity contribution is -0.510. The Morgan fingerprint density at radius 3 is 2.73 bits per heavy atom. The fraction of sp³-hybridized carbons (Fsp3) is 0.250. The highest BCUT2D eigenvalue weighted by Gasteiger charge is 2.41. The lowest BCUT2D eigenvalue weighted by atomic mass is 10.7. The van der Waals surface area contributed by atoms with Gasteiger partial charge in [0.05, 0.1) is 4.92 Å². The number of nitrogens with zero attached hydrogens (tertiary/aromatic N) is 2. The first-order valence-electron chi connectivity index (χ1n) is 2.47. The molecular weight excluding hydrogens is 300 g/mol. The highest BCUT2D eigenvalue weighted by atomic mass is 79.9. The Hall–Kier alpha value is -0.0100. The van der Waals surface area contributed by atoms with Crippen molar-refractivity contribution in [3.63, 3.8) is 0 Å². The van der Waals surface area contributed by atoms with Gasteiger partial charge >= 0.3 is 3.36 Å². The molecule has 0 bridgehead atoms. The van der Waals surface area contributed by atoms with Gasteiger partial charge < -0.3 is 0 Å². The molecule has 0 aromatic carbocycles. The van der Waals surface area contributed by atoms with E-state index in [9.17, 15) is 10.1 Å². The SMILES string of the molecule is O=[N+]([O-])C(Br)(Br)c1nccs1. The van der Waals surface area contributed by atoms with Crippen molar-refractivity contribution in [3.05, 3.63) is 26.7 Å². The predicted octanol–water partition coefficient (Wildman–Crippen LogP) is 2.32. The Labute approximate surface area is 83.0 Å². The average Bonchev–Trinajstić information content (AvgIpc) is 2.37. The van der Waals surface area contributed by atoms with Gasteiger partial charge in [0.1, 0.15) is 0 Å². The average molecular weight is 302 g/mol. The monoisotopic (exact) mass is 300 g/mol. The molecule has 1 aromatic rings. The third kappa shape index (κ3) is 1.77. The van der Waals surface area contributed by atoms with Gasteiger partial charge in [0, 0.05) is 43.4 Å². The molecule has 0 aliphatic carbocycles. The molecule has 0 atom stereocenters. The highest BCUT2D eigenvalue weighted by Crippen LogP contribution is 2.39. The van der Waals surface area contributed by atoms with Crippen molar-refractivity contribution < 1.29 is 4.92 Å². The summed E-state index contributed by atoms with van der Waals surface area (Å²) in [5, 5.41) is 12.5. The first-order valence-corrected chi connectivity index (χ1v) is 4.94. The summed E-state index contributed by atoms with van der Waals surface area (Å²) in [4.78, 5) is 13.7. The van der Waals surface area contributed by atoms with E-state index >= 15 is 0 Å². The van der Waals surface area contributed by atoms with Crippen molar-refractivity contribution in [1.82, 2.24) is 4.98 Å². The van der Waals surface area contributed by atoms with Gasteiger partial charge in [-0.15, -0.1) is 11.3 Å². The van der Waals surface area contributed by atoms with E-state index < -0.39 is 8.28 Å². The minimum Gasteiger partial charge on any atom is -0.262 e. The van der Waals surface area contributed by atoms with Crippen molar-refractivity contribution in [2.24, 2.45) is 0 Å². The van der Waals surface area contributed by atoms with Crippen LogP contribution in [0.4, 0.5) is 0 Å². The molecule has 0 radical (unpaired) electrons. The summed E-state index contributed by atoms with van der Waals surface area (Å²) in [6.07, 6.45) is 1.51. The van der Waals surface area contributed by atoms with E-state index in [0.29, 0.717) is 5.01 Å². The minimum atomic E-state index is -1.42. The summed E-state index contributed by atoms with van der Waals surface area (Å²) < 4.78 is -1.42. The van der Waals surface area contributed by atoms with E-state index in [1.165, 1.54) is 17.5 Å². The second kappa shape index (κ2) is 3.16. The van der Waals surface area contributed by atoms with Gasteiger partial charge in [-0.2, -0.15) is 0 Å². The molecule has 7 heteroatoms. The van der Waals surface area contributed by atoms with Crippen LogP contribution in [0.1, 0.15) is 5.01 Å². The van der Waals surface area contributed by atoms with E-state index in [4.69, 9.17) is 0 Å². The van der Waals surface area contributed by atoms with Gasteiger partial charge in [-0.25, -0.2) is 4.98 Å². The van der Waals surface area contributed by atoms with E-state index in [1.807, 2.05) is 0 Å². The van der Waals surface area contributed by atoms with Crippen LogP contribution in [0.15, 0.2) is 11.6 Å². The predicted molar refractivity (Wildman–Crippen MR) is 48.6 cm³/mol. The zero-order chi connectivity index (χ0) is 8.48. The maximum absolute atomic E-state index is 10.4. The molecule has 0 fully saturated rings. The van der Waals surface area contributed by atoms with Crippen LogP contribution in [0.2, 0.25) is 0 Å². The van der Waals surface area contributed by atoms with Crippen LogP contribution in [0, 0.1) is 10.1 Å². The van der Waals surface area contributed by atoms with Crippen molar-refractivity contribution in [1.29, 1.82) is 0 Å². The number of nitro groups is 1. The second-order valence-corrected chi connectivity index (χ2v) is 5.89. The summed E-state index contributed by atoms with van der Waals surface area (Å²) >= 11 is 7.01. The van der Waals surface area contributed by atoms with E-state index in [-0.39, 0.29) is 0 Å². The molecule has 0 unspecified atom stereocenters. The van der Waals surface area contributed by atoms with Gasteiger partial charge in [-0.1, -0.05) is 0 Å². The minimum absolute atomic E-state index is 0.377. The Morgan fingerprint density at radius 1 is 1.73 bits per heavy atom. The van der Waals surface area contributed by atoms with Gasteiger partial charge in [0.15, 0.2) is 5.01 Å². The van der Waals surface area contributed by atoms with Crippen LogP contribution in [0.5, 0.6) is 0 Å². The normalized spacial score (nSPS) is 11.5. The second-order valence-electron chi connectivity index (χ2n) is 1.64. The van der Waals surface area contributed by atoms with Crippen LogP contribution in [-0.4, -0.2) is 9.91 Å². The van der Waals surface area contributed by atoms with Crippen LogP contribution in [-0.2, 0) is 3.36 Å². The van der Waals surface area contributed by atoms with E-state index in [1.54, 1.807) is 5.38 Å². The quantitative estimate of drug-likeness (QED) is 0.364. The highest BCUT2D eigenvalue weighted by molar-refractivity contribution is 9.24. The molecule has 0 saturated heterocycles. The van der Waals surface area contributed by atoms with Crippen molar-refractivity contribution in [2.45, 2.75) is 3.36 Å². The molecular formula is C4H2Br2N2O2S. The third-order valence-electron chi connectivity index (χ3n) is 0.919. The largest absolute Gasteiger partial charge is 0.377 e. The Bertz CT molecular complexity index is 261. The maximum atomic E-state index is 10.4. The van der Waals surface area contributed by atoms with Gasteiger partial charge in [0.2, 0.25) is 0 Å². The fourth-order valence-electron chi connectivity index (χ4n) is 0.450. The lowest BCUT2D eigenvalue weighted by Gasteiger charge is -2.06. The molecule has 4 nitrogen and oxygen atoms in total. The molecule has 0 saturated carbocycles. The number of rotatable bonds is 2. The van der Waals surface area contributed by atoms with Gasteiger partial charge in [-0.05, 0) is 0 Å². The van der Waals surface area contributed by atoms with Gasteiger partial charge in [0.25, 0.3) is 0 Å². The molecule has 11 heavy (non-hydrogen) atoms. The molecule has 0 aliphatic rings. The summed E-state index contributed by atoms with van der Waals surface area (Å²) in [5.74, 6) is 0. The number of aromatic nitrogens is 1. The first-order chi connectivity index (χ1) is 5.05. The molecule has 0 amide bonds. The Morgan fingerprint density at radius 2 is 2.36 bits per heavy atom. The van der Waals surface area contributed by atoms with Crippen molar-refractivity contribution >= 4 is 43.2 Å². The topological polar surface area (TPSA) is 56.0 Å². The van der Waals surface area contributed by atoms with Crippen LogP contribution < -0.4 is 0 Å². The van der Waals surface area contributed by atoms with Crippen LogP contribution in [0.25, 0.3) is 0 Å². The molecule has 1 rings (SSSR count). The third-order valence-corrected chi connectivity index (χ3v) is 3.66. The molecule has 60 valence electrons. The summed E-state index contributed by atoms with van der Waals surface area (Å²) in [6, 6.07) is 0. The fourth-order valence-corrected chi connectivity index (χ4v) is 1.80. The van der Waals surface area contributed by atoms with Crippen LogP contribution in [0.3, 0.4) is 0 Å². The molecule has 0 N–H and O–H groups in total. The first kappa shape index (κ1) is 9.08. The standard InChI is InChI=1S/C4H2Br2N2O2S/c5-4(6,8(9)10)3-7-1-2-11-3/h1-2H. The Kier molecular flexibility index (Phi) is 2.61. The number of hydrogen-bond donors (Lipinski definition) is 0. The number of alkyl halides is 2. The van der Waals surface area contributed by atoms with E-state index in [2.05, 4.69) is 36.8 Å². The zero-order valence-electron chi connectivity index (χ0n) is 5.03. The zero-order valence-corrected chi connectivity index (χ0v) is 9.02. The van der Waals surface area contributed by atoms with Crippen molar-refractivity contribution in [3.8, 4) is 0 Å². The number of hydrogen-bond acceptors (Lipinski definition) is 4. The van der Waals surface area contributed by atoms with Crippen molar-refractivity contribution in [2.75, 3.05) is 0 Å². The molecule has 0 spiro atoms. The number of halogens is 2. The summed E-state index contributed by atoms with van der Waals surface area (Å²) in [5.41, 5.74) is 0. The number of thiazole rings is 1. The molecule has 1 aromatic heterocycles.